The third kappa shape index (κ3) is 4.18. The van der Waals surface area contributed by atoms with Crippen LogP contribution in [0.25, 0.3) is 22.2 Å². The minimum Gasteiger partial charge on any atom is -0.336 e. The number of benzene rings is 2. The molecule has 5 rings (SSSR count). The Hall–Kier alpha value is -3.57. The number of aromatic nitrogens is 2. The number of fused-ring (bicyclic) bond motifs is 1. The number of hydrogen-bond acceptors (Lipinski definition) is 4. The van der Waals surface area contributed by atoms with Crippen molar-refractivity contribution < 1.29 is 4.79 Å². The lowest BCUT2D eigenvalue weighted by molar-refractivity contribution is 0.0630. The summed E-state index contributed by atoms with van der Waals surface area (Å²) in [5.41, 5.74) is 4.53. The second kappa shape index (κ2) is 8.66. The van der Waals surface area contributed by atoms with Crippen molar-refractivity contribution in [3.8, 4) is 11.3 Å². The van der Waals surface area contributed by atoms with Crippen LogP contribution in [0, 0.1) is 0 Å². The number of rotatable bonds is 4. The van der Waals surface area contributed by atoms with Gasteiger partial charge in [-0.15, -0.1) is 0 Å². The topological polar surface area (TPSA) is 49.3 Å². The van der Waals surface area contributed by atoms with Crippen LogP contribution in [0.3, 0.4) is 0 Å². The Kier molecular flexibility index (Phi) is 5.42. The molecule has 31 heavy (non-hydrogen) atoms. The molecule has 1 saturated heterocycles. The summed E-state index contributed by atoms with van der Waals surface area (Å²) in [4.78, 5) is 26.9. The minimum absolute atomic E-state index is 0.0723. The van der Waals surface area contributed by atoms with Gasteiger partial charge < -0.3 is 4.90 Å². The van der Waals surface area contributed by atoms with E-state index < -0.39 is 0 Å². The van der Waals surface area contributed by atoms with Crippen LogP contribution in [0.4, 0.5) is 0 Å². The summed E-state index contributed by atoms with van der Waals surface area (Å²) in [6.45, 7) is 4.12. The average Bonchev–Trinajstić information content (AvgIpc) is 2.84. The number of carbonyl (C=O) groups is 1. The van der Waals surface area contributed by atoms with E-state index in [0.29, 0.717) is 5.56 Å². The van der Waals surface area contributed by atoms with Crippen molar-refractivity contribution in [1.29, 1.82) is 0 Å². The number of para-hydroxylation sites is 1. The van der Waals surface area contributed by atoms with E-state index in [2.05, 4.69) is 34.1 Å². The molecular weight excluding hydrogens is 384 g/mol. The van der Waals surface area contributed by atoms with Crippen molar-refractivity contribution in [2.24, 2.45) is 0 Å². The fourth-order valence-electron chi connectivity index (χ4n) is 4.14. The Morgan fingerprint density at radius 2 is 1.65 bits per heavy atom. The summed E-state index contributed by atoms with van der Waals surface area (Å²) in [5.74, 6) is 0.0723. The second-order valence-corrected chi connectivity index (χ2v) is 7.87. The predicted molar refractivity (Wildman–Crippen MR) is 123 cm³/mol. The highest BCUT2D eigenvalue weighted by atomic mass is 16.2. The van der Waals surface area contributed by atoms with E-state index >= 15 is 0 Å². The Labute approximate surface area is 182 Å². The number of nitrogens with zero attached hydrogens (tertiary/aromatic N) is 4. The molecule has 1 aliphatic rings. The lowest BCUT2D eigenvalue weighted by Gasteiger charge is -2.35. The van der Waals surface area contributed by atoms with Crippen molar-refractivity contribution in [1.82, 2.24) is 19.8 Å². The summed E-state index contributed by atoms with van der Waals surface area (Å²) < 4.78 is 0. The smallest absolute Gasteiger partial charge is 0.254 e. The van der Waals surface area contributed by atoms with Gasteiger partial charge in [-0.2, -0.15) is 0 Å². The van der Waals surface area contributed by atoms with Gasteiger partial charge >= 0.3 is 0 Å². The van der Waals surface area contributed by atoms with Gasteiger partial charge in [0, 0.05) is 56.1 Å². The fourth-order valence-corrected chi connectivity index (χ4v) is 4.14. The second-order valence-electron chi connectivity index (χ2n) is 7.87. The molecule has 5 heteroatoms. The van der Waals surface area contributed by atoms with Gasteiger partial charge in [0.1, 0.15) is 0 Å². The predicted octanol–water partition coefficient (Wildman–Crippen LogP) is 4.25. The number of amides is 1. The van der Waals surface area contributed by atoms with Crippen molar-refractivity contribution in [3.05, 3.63) is 96.3 Å². The Morgan fingerprint density at radius 3 is 2.42 bits per heavy atom. The zero-order chi connectivity index (χ0) is 21.0. The van der Waals surface area contributed by atoms with Crippen LogP contribution in [0.5, 0.6) is 0 Å². The fraction of sp³-hybridized carbons (Fsp3) is 0.192. The summed E-state index contributed by atoms with van der Waals surface area (Å²) in [6, 6.07) is 24.1. The van der Waals surface area contributed by atoms with Crippen molar-refractivity contribution in [3.63, 3.8) is 0 Å². The first-order valence-corrected chi connectivity index (χ1v) is 10.6. The SMILES string of the molecule is O=C(c1cc(-c2cccnc2)nc2ccccc12)N1CCN(Cc2ccccc2)CC1. The molecule has 0 N–H and O–H groups in total. The number of hydrogen-bond donors (Lipinski definition) is 0. The van der Waals surface area contributed by atoms with Crippen LogP contribution in [-0.4, -0.2) is 51.9 Å². The van der Waals surface area contributed by atoms with Gasteiger partial charge in [-0.05, 0) is 29.8 Å². The van der Waals surface area contributed by atoms with Crippen LogP contribution < -0.4 is 0 Å². The molecule has 0 bridgehead atoms. The van der Waals surface area contributed by atoms with Gasteiger partial charge in [-0.25, -0.2) is 4.98 Å². The molecule has 0 unspecified atom stereocenters. The maximum absolute atomic E-state index is 13.5. The molecule has 2 aromatic carbocycles. The summed E-state index contributed by atoms with van der Waals surface area (Å²) in [5, 5.41) is 0.895. The molecule has 154 valence electrons. The largest absolute Gasteiger partial charge is 0.336 e. The third-order valence-corrected chi connectivity index (χ3v) is 5.81. The van der Waals surface area contributed by atoms with E-state index in [4.69, 9.17) is 4.98 Å². The van der Waals surface area contributed by atoms with E-state index in [1.54, 1.807) is 12.4 Å². The monoisotopic (exact) mass is 408 g/mol. The number of piperazine rings is 1. The number of pyridine rings is 2. The maximum atomic E-state index is 13.5. The molecule has 0 radical (unpaired) electrons. The van der Waals surface area contributed by atoms with E-state index in [9.17, 15) is 4.79 Å². The molecule has 0 saturated carbocycles. The summed E-state index contributed by atoms with van der Waals surface area (Å²) in [7, 11) is 0. The first kappa shape index (κ1) is 19.4. The molecule has 1 fully saturated rings. The molecule has 4 aromatic rings. The molecule has 3 heterocycles. The number of carbonyl (C=O) groups excluding carboxylic acids is 1. The molecule has 0 spiro atoms. The molecule has 2 aromatic heterocycles. The van der Waals surface area contributed by atoms with Gasteiger partial charge in [0.2, 0.25) is 0 Å². The molecule has 5 nitrogen and oxygen atoms in total. The molecule has 1 amide bonds. The molecule has 0 atom stereocenters. The van der Waals surface area contributed by atoms with E-state index in [-0.39, 0.29) is 5.91 Å². The van der Waals surface area contributed by atoms with Crippen molar-refractivity contribution in [2.45, 2.75) is 6.54 Å². The van der Waals surface area contributed by atoms with Crippen LogP contribution in [0.1, 0.15) is 15.9 Å². The zero-order valence-electron chi connectivity index (χ0n) is 17.3. The lowest BCUT2D eigenvalue weighted by atomic mass is 10.0. The molecule has 1 aliphatic heterocycles. The van der Waals surface area contributed by atoms with Crippen LogP contribution in [-0.2, 0) is 6.54 Å². The van der Waals surface area contributed by atoms with Crippen LogP contribution >= 0.6 is 0 Å². The third-order valence-electron chi connectivity index (χ3n) is 5.81. The van der Waals surface area contributed by atoms with Gasteiger partial charge in [-0.3, -0.25) is 14.7 Å². The molecule has 0 aliphatic carbocycles. The standard InChI is InChI=1S/C26H24N4O/c31-26(30-15-13-29(14-16-30)19-20-7-2-1-3-8-20)23-17-25(21-9-6-12-27-18-21)28-24-11-5-4-10-22(23)24/h1-12,17-18H,13-16,19H2. The van der Waals surface area contributed by atoms with Gasteiger partial charge in [-0.1, -0.05) is 48.5 Å². The van der Waals surface area contributed by atoms with Crippen molar-refractivity contribution in [2.75, 3.05) is 26.2 Å². The van der Waals surface area contributed by atoms with Crippen LogP contribution in [0.15, 0.2) is 85.2 Å². The van der Waals surface area contributed by atoms with E-state index in [0.717, 1.165) is 54.9 Å². The van der Waals surface area contributed by atoms with E-state index in [1.807, 2.05) is 53.4 Å². The van der Waals surface area contributed by atoms with Gasteiger partial charge in [0.05, 0.1) is 16.8 Å². The Bertz CT molecular complexity index is 1190. The normalized spacial score (nSPS) is 14.6. The highest BCUT2D eigenvalue weighted by Crippen LogP contribution is 2.26. The summed E-state index contributed by atoms with van der Waals surface area (Å²) >= 11 is 0. The van der Waals surface area contributed by atoms with Crippen molar-refractivity contribution >= 4 is 16.8 Å². The Morgan fingerprint density at radius 1 is 0.871 bits per heavy atom. The average molecular weight is 409 g/mol. The van der Waals surface area contributed by atoms with E-state index in [1.165, 1.54) is 5.56 Å². The highest BCUT2D eigenvalue weighted by Gasteiger charge is 2.24. The zero-order valence-corrected chi connectivity index (χ0v) is 17.3. The molecular formula is C26H24N4O. The van der Waals surface area contributed by atoms with Gasteiger partial charge in [0.25, 0.3) is 5.91 Å². The summed E-state index contributed by atoms with van der Waals surface area (Å²) in [6.07, 6.45) is 3.53. The van der Waals surface area contributed by atoms with Crippen LogP contribution in [0.2, 0.25) is 0 Å². The Balaban J connectivity index is 1.38. The maximum Gasteiger partial charge on any atom is 0.254 e. The highest BCUT2D eigenvalue weighted by molar-refractivity contribution is 6.07. The lowest BCUT2D eigenvalue weighted by Crippen LogP contribution is -2.48. The first-order chi connectivity index (χ1) is 15.3. The van der Waals surface area contributed by atoms with Gasteiger partial charge in [0.15, 0.2) is 0 Å². The quantitative estimate of drug-likeness (QED) is 0.506. The first-order valence-electron chi connectivity index (χ1n) is 10.6. The minimum atomic E-state index is 0.0723.